The van der Waals surface area contributed by atoms with Gasteiger partial charge in [0.1, 0.15) is 0 Å². The van der Waals surface area contributed by atoms with Crippen LogP contribution in [0.15, 0.2) is 11.6 Å². The molecular weight excluding hydrogens is 220 g/mol. The van der Waals surface area contributed by atoms with E-state index in [1.807, 2.05) is 0 Å². The minimum absolute atomic E-state index is 0.721. The zero-order valence-corrected chi connectivity index (χ0v) is 12.0. The molecular formula is C16H28N2. The quantitative estimate of drug-likeness (QED) is 0.423. The fraction of sp³-hybridized carbons (Fsp3) is 0.750. The van der Waals surface area contributed by atoms with Crippen LogP contribution in [0.3, 0.4) is 0 Å². The monoisotopic (exact) mass is 248 g/mol. The zero-order chi connectivity index (χ0) is 13.2. The lowest BCUT2D eigenvalue weighted by atomic mass is 10.0. The summed E-state index contributed by atoms with van der Waals surface area (Å²) < 4.78 is 0. The number of nitrogens with one attached hydrogen (secondary N) is 1. The first-order valence-electron chi connectivity index (χ1n) is 7.25. The van der Waals surface area contributed by atoms with E-state index in [0.717, 1.165) is 32.0 Å². The molecule has 2 heteroatoms. The predicted octanol–water partition coefficient (Wildman–Crippen LogP) is 2.81. The van der Waals surface area contributed by atoms with Crippen LogP contribution < -0.4 is 5.32 Å². The molecule has 1 rings (SSSR count). The summed E-state index contributed by atoms with van der Waals surface area (Å²) in [6.07, 6.45) is 13.4. The lowest BCUT2D eigenvalue weighted by Gasteiger charge is -2.31. The third-order valence-electron chi connectivity index (χ3n) is 3.53. The molecule has 1 N–H and O–H groups in total. The Balaban J connectivity index is 2.05. The second-order valence-electron chi connectivity index (χ2n) is 5.47. The van der Waals surface area contributed by atoms with Crippen LogP contribution in [0.2, 0.25) is 0 Å². The molecule has 0 amide bonds. The molecule has 0 spiro atoms. The summed E-state index contributed by atoms with van der Waals surface area (Å²) in [7, 11) is 0. The van der Waals surface area contributed by atoms with Crippen LogP contribution in [0, 0.1) is 12.3 Å². The summed E-state index contributed by atoms with van der Waals surface area (Å²) in [5.74, 6) is 2.70. The number of terminal acetylenes is 1. The highest BCUT2D eigenvalue weighted by atomic mass is 15.1. The zero-order valence-electron chi connectivity index (χ0n) is 12.0. The molecule has 0 unspecified atom stereocenters. The Labute approximate surface area is 113 Å². The Morgan fingerprint density at radius 2 is 2.06 bits per heavy atom. The molecule has 0 bridgehead atoms. The van der Waals surface area contributed by atoms with E-state index in [4.69, 9.17) is 6.42 Å². The van der Waals surface area contributed by atoms with Crippen LogP contribution >= 0.6 is 0 Å². The van der Waals surface area contributed by atoms with Gasteiger partial charge in [0.25, 0.3) is 0 Å². The first kappa shape index (κ1) is 15.3. The van der Waals surface area contributed by atoms with Crippen LogP contribution in [0.5, 0.6) is 0 Å². The highest BCUT2D eigenvalue weighted by molar-refractivity contribution is 4.95. The molecule has 0 aromatic carbocycles. The highest BCUT2D eigenvalue weighted by Crippen LogP contribution is 2.10. The fourth-order valence-corrected chi connectivity index (χ4v) is 2.29. The first-order chi connectivity index (χ1) is 8.72. The molecule has 0 aromatic rings. The Hall–Kier alpha value is -0.780. The van der Waals surface area contributed by atoms with E-state index >= 15 is 0 Å². The third kappa shape index (κ3) is 6.83. The van der Waals surface area contributed by atoms with Crippen LogP contribution in [0.4, 0.5) is 0 Å². The molecule has 1 saturated heterocycles. The maximum Gasteiger partial charge on any atom is 0.0165 e. The second-order valence-corrected chi connectivity index (χ2v) is 5.47. The molecule has 1 heterocycles. The molecule has 0 aromatic heterocycles. The first-order valence-corrected chi connectivity index (χ1v) is 7.25. The van der Waals surface area contributed by atoms with Gasteiger partial charge >= 0.3 is 0 Å². The average Bonchev–Trinajstić information content (AvgIpc) is 2.37. The van der Waals surface area contributed by atoms with Crippen LogP contribution in [0.25, 0.3) is 0 Å². The molecule has 102 valence electrons. The smallest absolute Gasteiger partial charge is 0.0165 e. The number of hydrogen-bond donors (Lipinski definition) is 1. The number of hydrogen-bond acceptors (Lipinski definition) is 2. The molecule has 0 saturated carbocycles. The summed E-state index contributed by atoms with van der Waals surface area (Å²) >= 11 is 0. The largest absolute Gasteiger partial charge is 0.314 e. The third-order valence-corrected chi connectivity index (χ3v) is 3.53. The van der Waals surface area contributed by atoms with Gasteiger partial charge in [-0.3, -0.25) is 4.90 Å². The summed E-state index contributed by atoms with van der Waals surface area (Å²) in [6, 6.07) is 0.721. The van der Waals surface area contributed by atoms with Crippen LogP contribution in [-0.4, -0.2) is 37.1 Å². The van der Waals surface area contributed by atoms with Crippen molar-refractivity contribution in [3.05, 3.63) is 11.6 Å². The van der Waals surface area contributed by atoms with Crippen molar-refractivity contribution in [1.82, 2.24) is 10.2 Å². The van der Waals surface area contributed by atoms with Crippen molar-refractivity contribution >= 4 is 0 Å². The van der Waals surface area contributed by atoms with E-state index in [1.165, 1.54) is 37.9 Å². The maximum atomic E-state index is 5.24. The minimum Gasteiger partial charge on any atom is -0.314 e. The van der Waals surface area contributed by atoms with Gasteiger partial charge in [-0.1, -0.05) is 11.6 Å². The topological polar surface area (TPSA) is 15.3 Å². The van der Waals surface area contributed by atoms with Gasteiger partial charge in [-0.25, -0.2) is 0 Å². The van der Waals surface area contributed by atoms with Gasteiger partial charge in [0.2, 0.25) is 0 Å². The van der Waals surface area contributed by atoms with Crippen molar-refractivity contribution in [1.29, 1.82) is 0 Å². The second kappa shape index (κ2) is 9.19. The normalized spacial score (nSPS) is 17.4. The Morgan fingerprint density at radius 3 is 2.67 bits per heavy atom. The summed E-state index contributed by atoms with van der Waals surface area (Å²) in [5.41, 5.74) is 1.42. The van der Waals surface area contributed by atoms with Gasteiger partial charge < -0.3 is 5.32 Å². The lowest BCUT2D eigenvalue weighted by molar-refractivity contribution is 0.215. The summed E-state index contributed by atoms with van der Waals surface area (Å²) in [5, 5.41) is 3.66. The summed E-state index contributed by atoms with van der Waals surface area (Å²) in [6.45, 7) is 9.05. The number of rotatable bonds is 7. The Kier molecular flexibility index (Phi) is 7.80. The molecule has 1 aliphatic heterocycles. The van der Waals surface area contributed by atoms with Crippen molar-refractivity contribution in [2.24, 2.45) is 0 Å². The lowest BCUT2D eigenvalue weighted by Crippen LogP contribution is -2.42. The van der Waals surface area contributed by atoms with Crippen molar-refractivity contribution in [3.8, 4) is 12.3 Å². The Morgan fingerprint density at radius 1 is 1.33 bits per heavy atom. The molecule has 18 heavy (non-hydrogen) atoms. The van der Waals surface area contributed by atoms with Crippen molar-refractivity contribution in [2.75, 3.05) is 26.2 Å². The van der Waals surface area contributed by atoms with E-state index < -0.39 is 0 Å². The van der Waals surface area contributed by atoms with Crippen molar-refractivity contribution < 1.29 is 0 Å². The van der Waals surface area contributed by atoms with Gasteiger partial charge in [-0.05, 0) is 59.2 Å². The number of unbranched alkanes of at least 4 members (excludes halogenated alkanes) is 2. The highest BCUT2D eigenvalue weighted by Gasteiger charge is 2.17. The Bertz CT molecular complexity index is 276. The molecule has 0 atom stereocenters. The molecule has 0 aliphatic carbocycles. The number of allylic oxidation sites excluding steroid dienone is 1. The van der Waals surface area contributed by atoms with Gasteiger partial charge in [0.15, 0.2) is 0 Å². The molecule has 2 nitrogen and oxygen atoms in total. The standard InChI is InChI=1S/C16H28N2/c1-4-5-6-7-11-17-16-9-13-18(14-10-16)12-8-15(2)3/h1,8,16-17H,5-7,9-14H2,2-3H3. The molecule has 0 radical (unpaired) electrons. The summed E-state index contributed by atoms with van der Waals surface area (Å²) in [4.78, 5) is 2.55. The van der Waals surface area contributed by atoms with Crippen LogP contribution in [0.1, 0.15) is 46.0 Å². The number of likely N-dealkylation sites (tertiary alicyclic amines) is 1. The van der Waals surface area contributed by atoms with Crippen molar-refractivity contribution in [3.63, 3.8) is 0 Å². The molecule has 1 aliphatic rings. The van der Waals surface area contributed by atoms with E-state index in [2.05, 4.69) is 36.1 Å². The molecule has 1 fully saturated rings. The minimum atomic E-state index is 0.721. The number of nitrogens with zero attached hydrogens (tertiary/aromatic N) is 1. The van der Waals surface area contributed by atoms with Crippen molar-refractivity contribution in [2.45, 2.75) is 52.0 Å². The average molecular weight is 248 g/mol. The fourth-order valence-electron chi connectivity index (χ4n) is 2.29. The van der Waals surface area contributed by atoms with E-state index in [0.29, 0.717) is 0 Å². The van der Waals surface area contributed by atoms with Gasteiger partial charge in [0.05, 0.1) is 0 Å². The van der Waals surface area contributed by atoms with Gasteiger partial charge in [-0.2, -0.15) is 0 Å². The predicted molar refractivity (Wildman–Crippen MR) is 79.6 cm³/mol. The van der Waals surface area contributed by atoms with E-state index in [-0.39, 0.29) is 0 Å². The number of piperidine rings is 1. The SMILES string of the molecule is C#CCCCCNC1CCN(CC=C(C)C)CC1. The maximum absolute atomic E-state index is 5.24. The van der Waals surface area contributed by atoms with Gasteiger partial charge in [0, 0.05) is 19.0 Å². The van der Waals surface area contributed by atoms with E-state index in [9.17, 15) is 0 Å². The van der Waals surface area contributed by atoms with Gasteiger partial charge in [-0.15, -0.1) is 12.3 Å². The van der Waals surface area contributed by atoms with Crippen LogP contribution in [-0.2, 0) is 0 Å². The van der Waals surface area contributed by atoms with E-state index in [1.54, 1.807) is 0 Å².